The molecule has 1 aromatic rings. The third-order valence-electron chi connectivity index (χ3n) is 6.10. The predicted octanol–water partition coefficient (Wildman–Crippen LogP) is 4.61. The van der Waals surface area contributed by atoms with Gasteiger partial charge in [-0.1, -0.05) is 63.3 Å². The number of hydrogen-bond acceptors (Lipinski definition) is 3. The van der Waals surface area contributed by atoms with Gasteiger partial charge in [-0.2, -0.15) is 0 Å². The van der Waals surface area contributed by atoms with Crippen molar-refractivity contribution >= 4 is 5.97 Å². The van der Waals surface area contributed by atoms with Crippen LogP contribution in [0.4, 0.5) is 0 Å². The van der Waals surface area contributed by atoms with Crippen molar-refractivity contribution in [2.45, 2.75) is 65.5 Å². The van der Waals surface area contributed by atoms with Crippen LogP contribution in [0.1, 0.15) is 58.4 Å². The molecule has 1 aliphatic rings. The molecule has 132 valence electrons. The molecule has 2 N–H and O–H groups in total. The number of ether oxygens (including phenoxy) is 1. The fourth-order valence-electron chi connectivity index (χ4n) is 3.45. The monoisotopic (exact) mass is 329 g/mol. The molecule has 3 nitrogen and oxygen atoms in total. The largest absolute Gasteiger partial charge is 0.461 e. The van der Waals surface area contributed by atoms with Crippen molar-refractivity contribution in [2.75, 3.05) is 0 Å². The van der Waals surface area contributed by atoms with Crippen LogP contribution >= 0.6 is 0 Å². The van der Waals surface area contributed by atoms with Crippen LogP contribution in [-0.2, 0) is 16.1 Å². The van der Waals surface area contributed by atoms with E-state index in [1.807, 2.05) is 30.3 Å². The molecule has 0 bridgehead atoms. The summed E-state index contributed by atoms with van der Waals surface area (Å²) in [6, 6.07) is 9.56. The van der Waals surface area contributed by atoms with E-state index in [0.717, 1.165) is 17.6 Å². The van der Waals surface area contributed by atoms with E-state index in [-0.39, 0.29) is 17.4 Å². The molecule has 0 spiro atoms. The van der Waals surface area contributed by atoms with Crippen LogP contribution in [0.15, 0.2) is 42.5 Å². The third kappa shape index (κ3) is 4.07. The number of rotatable bonds is 9. The molecule has 24 heavy (non-hydrogen) atoms. The number of benzene rings is 1. The summed E-state index contributed by atoms with van der Waals surface area (Å²) in [6.45, 7) is 11.4. The summed E-state index contributed by atoms with van der Waals surface area (Å²) in [5, 5.41) is 0. The van der Waals surface area contributed by atoms with Gasteiger partial charge in [0.2, 0.25) is 0 Å². The topological polar surface area (TPSA) is 52.3 Å². The van der Waals surface area contributed by atoms with Crippen LogP contribution in [-0.4, -0.2) is 12.0 Å². The fourth-order valence-corrected chi connectivity index (χ4v) is 3.45. The summed E-state index contributed by atoms with van der Waals surface area (Å²) in [5.74, 6) is -0.196. The Balaban J connectivity index is 1.80. The van der Waals surface area contributed by atoms with Crippen molar-refractivity contribution < 1.29 is 9.53 Å². The van der Waals surface area contributed by atoms with E-state index < -0.39 is 0 Å². The summed E-state index contributed by atoms with van der Waals surface area (Å²) in [4.78, 5) is 12.0. The molecule has 0 radical (unpaired) electrons. The van der Waals surface area contributed by atoms with Crippen molar-refractivity contribution in [3.8, 4) is 0 Å². The lowest BCUT2D eigenvalue weighted by Crippen LogP contribution is -2.38. The maximum atomic E-state index is 12.0. The van der Waals surface area contributed by atoms with Crippen LogP contribution < -0.4 is 5.73 Å². The second-order valence-electron chi connectivity index (χ2n) is 7.56. The summed E-state index contributed by atoms with van der Waals surface area (Å²) in [7, 11) is 0. The lowest BCUT2D eigenvalue weighted by atomic mass is 9.66. The van der Waals surface area contributed by atoms with Crippen molar-refractivity contribution in [1.82, 2.24) is 0 Å². The summed E-state index contributed by atoms with van der Waals surface area (Å²) >= 11 is 0. The minimum absolute atomic E-state index is 0.0559. The third-order valence-corrected chi connectivity index (χ3v) is 6.10. The standard InChI is InChI=1S/C21H31NO2/c1-5-21(4,20(3)13-14-20)16(2)18(22)11-12-19(23)24-15-17-9-7-6-8-10-17/h6-10,18H,2,5,11-15,22H2,1,3-4H3/t18-,21?/m0/s1. The van der Waals surface area contributed by atoms with Crippen molar-refractivity contribution in [3.05, 3.63) is 48.0 Å². The van der Waals surface area contributed by atoms with Gasteiger partial charge in [0.1, 0.15) is 6.61 Å². The second-order valence-corrected chi connectivity index (χ2v) is 7.56. The van der Waals surface area contributed by atoms with Gasteiger partial charge in [-0.05, 0) is 42.1 Å². The quantitative estimate of drug-likeness (QED) is 0.532. The van der Waals surface area contributed by atoms with Gasteiger partial charge in [0, 0.05) is 12.5 Å². The van der Waals surface area contributed by atoms with Crippen molar-refractivity contribution in [1.29, 1.82) is 0 Å². The normalized spacial score (nSPS) is 19.2. The second kappa shape index (κ2) is 7.52. The van der Waals surface area contributed by atoms with Crippen LogP contribution in [0.25, 0.3) is 0 Å². The first-order valence-electron chi connectivity index (χ1n) is 8.97. The van der Waals surface area contributed by atoms with Gasteiger partial charge in [-0.3, -0.25) is 4.79 Å². The molecule has 2 rings (SSSR count). The lowest BCUT2D eigenvalue weighted by Gasteiger charge is -2.40. The predicted molar refractivity (Wildman–Crippen MR) is 98.3 cm³/mol. The maximum Gasteiger partial charge on any atom is 0.306 e. The Morgan fingerprint density at radius 1 is 1.38 bits per heavy atom. The summed E-state index contributed by atoms with van der Waals surface area (Å²) < 4.78 is 5.33. The van der Waals surface area contributed by atoms with Crippen molar-refractivity contribution in [3.63, 3.8) is 0 Å². The Morgan fingerprint density at radius 3 is 2.54 bits per heavy atom. The molecule has 0 aromatic heterocycles. The van der Waals surface area contributed by atoms with E-state index in [2.05, 4.69) is 27.4 Å². The highest BCUT2D eigenvalue weighted by Gasteiger charge is 2.53. The molecular formula is C21H31NO2. The summed E-state index contributed by atoms with van der Waals surface area (Å²) in [5.41, 5.74) is 8.82. The maximum absolute atomic E-state index is 12.0. The molecule has 0 amide bonds. The molecule has 0 heterocycles. The Hall–Kier alpha value is -1.61. The average molecular weight is 329 g/mol. The first kappa shape index (κ1) is 18.7. The van der Waals surface area contributed by atoms with Gasteiger partial charge in [-0.15, -0.1) is 0 Å². The van der Waals surface area contributed by atoms with Crippen LogP contribution in [0.3, 0.4) is 0 Å². The van der Waals surface area contributed by atoms with E-state index in [1.165, 1.54) is 12.8 Å². The molecule has 1 aromatic carbocycles. The van der Waals surface area contributed by atoms with E-state index in [0.29, 0.717) is 24.9 Å². The average Bonchev–Trinajstić information content (AvgIpc) is 3.36. The molecule has 3 heteroatoms. The molecule has 1 aliphatic carbocycles. The molecule has 1 unspecified atom stereocenters. The highest BCUT2D eigenvalue weighted by molar-refractivity contribution is 5.69. The highest BCUT2D eigenvalue weighted by Crippen LogP contribution is 2.62. The van der Waals surface area contributed by atoms with Gasteiger partial charge >= 0.3 is 5.97 Å². The van der Waals surface area contributed by atoms with Gasteiger partial charge in [0.05, 0.1) is 0 Å². The lowest BCUT2D eigenvalue weighted by molar-refractivity contribution is -0.145. The van der Waals surface area contributed by atoms with Gasteiger partial charge in [0.25, 0.3) is 0 Å². The van der Waals surface area contributed by atoms with E-state index in [1.54, 1.807) is 0 Å². The van der Waals surface area contributed by atoms with E-state index in [9.17, 15) is 4.79 Å². The minimum atomic E-state index is -0.196. The van der Waals surface area contributed by atoms with Crippen LogP contribution in [0.5, 0.6) is 0 Å². The zero-order valence-corrected chi connectivity index (χ0v) is 15.3. The number of hydrogen-bond donors (Lipinski definition) is 1. The smallest absolute Gasteiger partial charge is 0.306 e. The molecule has 1 saturated carbocycles. The van der Waals surface area contributed by atoms with Crippen LogP contribution in [0, 0.1) is 10.8 Å². The SMILES string of the molecule is C=C([C@@H](N)CCC(=O)OCc1ccccc1)C(C)(CC)C1(C)CC1. The van der Waals surface area contributed by atoms with Gasteiger partial charge < -0.3 is 10.5 Å². The molecule has 0 aliphatic heterocycles. The van der Waals surface area contributed by atoms with Gasteiger partial charge in [0.15, 0.2) is 0 Å². The number of carbonyl (C=O) groups excluding carboxylic acids is 1. The van der Waals surface area contributed by atoms with E-state index >= 15 is 0 Å². The molecule has 0 saturated heterocycles. The first-order chi connectivity index (χ1) is 11.3. The Kier molecular flexibility index (Phi) is 5.87. The molecule has 2 atom stereocenters. The Labute approximate surface area is 146 Å². The minimum Gasteiger partial charge on any atom is -0.461 e. The number of nitrogens with two attached hydrogens (primary N) is 1. The molecular weight excluding hydrogens is 298 g/mol. The molecule has 1 fully saturated rings. The zero-order valence-electron chi connectivity index (χ0n) is 15.3. The fraction of sp³-hybridized carbons (Fsp3) is 0.571. The Bertz CT molecular complexity index is 577. The summed E-state index contributed by atoms with van der Waals surface area (Å²) in [6.07, 6.45) is 4.44. The first-order valence-corrected chi connectivity index (χ1v) is 8.97. The van der Waals surface area contributed by atoms with Gasteiger partial charge in [-0.25, -0.2) is 0 Å². The van der Waals surface area contributed by atoms with Crippen molar-refractivity contribution in [2.24, 2.45) is 16.6 Å². The van der Waals surface area contributed by atoms with Crippen LogP contribution in [0.2, 0.25) is 0 Å². The Morgan fingerprint density at radius 2 is 2.00 bits per heavy atom. The zero-order chi connectivity index (χ0) is 17.8. The van der Waals surface area contributed by atoms with E-state index in [4.69, 9.17) is 10.5 Å². The number of carbonyl (C=O) groups is 1. The number of esters is 1. The highest BCUT2D eigenvalue weighted by atomic mass is 16.5.